The first-order valence-corrected chi connectivity index (χ1v) is 7.33. The number of rotatable bonds is 6. The van der Waals surface area contributed by atoms with Crippen LogP contribution in [0.2, 0.25) is 0 Å². The first-order valence-electron chi connectivity index (χ1n) is 7.33. The van der Waals surface area contributed by atoms with E-state index in [-0.39, 0.29) is 0 Å². The second-order valence-electron chi connectivity index (χ2n) is 5.74. The average Bonchev–Trinajstić information content (AvgIpc) is 3.09. The average molecular weight is 248 g/mol. The molecule has 2 heterocycles. The molecule has 1 aliphatic carbocycles. The molecule has 0 radical (unpaired) electrons. The molecular formula is C14H24N4. The molecule has 1 aromatic heterocycles. The SMILES string of the molecule is c1cnn(CCN2CCC(NCC3CC3)CC2)c1. The van der Waals surface area contributed by atoms with Gasteiger partial charge in [0.25, 0.3) is 0 Å². The molecular weight excluding hydrogens is 224 g/mol. The summed E-state index contributed by atoms with van der Waals surface area (Å²) < 4.78 is 2.03. The number of piperidine rings is 1. The molecule has 0 unspecified atom stereocenters. The van der Waals surface area contributed by atoms with Crippen LogP contribution >= 0.6 is 0 Å². The van der Waals surface area contributed by atoms with Gasteiger partial charge in [-0.25, -0.2) is 0 Å². The molecule has 1 aromatic rings. The zero-order chi connectivity index (χ0) is 12.2. The molecule has 2 fully saturated rings. The second-order valence-corrected chi connectivity index (χ2v) is 5.74. The Morgan fingerprint density at radius 1 is 1.11 bits per heavy atom. The Bertz CT molecular complexity index is 337. The third-order valence-electron chi connectivity index (χ3n) is 4.18. The van der Waals surface area contributed by atoms with E-state index in [0.29, 0.717) is 0 Å². The number of likely N-dealkylation sites (tertiary alicyclic amines) is 1. The van der Waals surface area contributed by atoms with E-state index in [1.165, 1.54) is 45.3 Å². The minimum atomic E-state index is 0.770. The van der Waals surface area contributed by atoms with E-state index in [4.69, 9.17) is 0 Å². The second kappa shape index (κ2) is 5.85. The van der Waals surface area contributed by atoms with Gasteiger partial charge in [0.15, 0.2) is 0 Å². The maximum absolute atomic E-state index is 4.25. The molecule has 0 atom stereocenters. The summed E-state index contributed by atoms with van der Waals surface area (Å²) in [5.74, 6) is 1.00. The van der Waals surface area contributed by atoms with Gasteiger partial charge in [-0.1, -0.05) is 0 Å². The van der Waals surface area contributed by atoms with Gasteiger partial charge in [0.05, 0.1) is 6.54 Å². The van der Waals surface area contributed by atoms with Crippen LogP contribution in [0, 0.1) is 5.92 Å². The predicted octanol–water partition coefficient (Wildman–Crippen LogP) is 1.35. The molecule has 1 N–H and O–H groups in total. The normalized spacial score (nSPS) is 22.4. The maximum Gasteiger partial charge on any atom is 0.0536 e. The van der Waals surface area contributed by atoms with Crippen LogP contribution in [0.25, 0.3) is 0 Å². The third kappa shape index (κ3) is 3.56. The number of hydrogen-bond acceptors (Lipinski definition) is 3. The Labute approximate surface area is 109 Å². The fourth-order valence-electron chi connectivity index (χ4n) is 2.69. The van der Waals surface area contributed by atoms with Crippen molar-refractivity contribution in [3.05, 3.63) is 18.5 Å². The fourth-order valence-corrected chi connectivity index (χ4v) is 2.69. The van der Waals surface area contributed by atoms with Gasteiger partial charge < -0.3 is 10.2 Å². The standard InChI is InChI=1S/C14H24N4/c1-6-16-18(7-1)11-10-17-8-4-14(5-9-17)15-12-13-2-3-13/h1,6-7,13-15H,2-5,8-12H2. The summed E-state index contributed by atoms with van der Waals surface area (Å²) in [5, 5.41) is 7.98. The van der Waals surface area contributed by atoms with Gasteiger partial charge in [-0.2, -0.15) is 5.10 Å². The summed E-state index contributed by atoms with van der Waals surface area (Å²) in [4.78, 5) is 2.57. The highest BCUT2D eigenvalue weighted by atomic mass is 15.3. The van der Waals surface area contributed by atoms with E-state index in [1.54, 1.807) is 0 Å². The monoisotopic (exact) mass is 248 g/mol. The van der Waals surface area contributed by atoms with Crippen molar-refractivity contribution >= 4 is 0 Å². The van der Waals surface area contributed by atoms with E-state index in [0.717, 1.165) is 25.0 Å². The van der Waals surface area contributed by atoms with Crippen molar-refractivity contribution in [2.75, 3.05) is 26.2 Å². The summed E-state index contributed by atoms with van der Waals surface area (Å²) in [6.45, 7) is 5.90. The lowest BCUT2D eigenvalue weighted by Gasteiger charge is -2.32. The summed E-state index contributed by atoms with van der Waals surface area (Å²) in [6, 6.07) is 2.76. The number of nitrogens with zero attached hydrogens (tertiary/aromatic N) is 3. The van der Waals surface area contributed by atoms with Crippen LogP contribution < -0.4 is 5.32 Å². The lowest BCUT2D eigenvalue weighted by molar-refractivity contribution is 0.189. The molecule has 3 rings (SSSR count). The molecule has 1 aliphatic heterocycles. The first-order chi connectivity index (χ1) is 8.90. The highest BCUT2D eigenvalue weighted by molar-refractivity contribution is 4.82. The zero-order valence-corrected chi connectivity index (χ0v) is 11.1. The topological polar surface area (TPSA) is 33.1 Å². The van der Waals surface area contributed by atoms with Gasteiger partial charge >= 0.3 is 0 Å². The van der Waals surface area contributed by atoms with E-state index in [2.05, 4.69) is 15.3 Å². The van der Waals surface area contributed by atoms with Crippen molar-refractivity contribution in [2.45, 2.75) is 38.3 Å². The Hall–Kier alpha value is -0.870. The number of aromatic nitrogens is 2. The zero-order valence-electron chi connectivity index (χ0n) is 11.1. The quantitative estimate of drug-likeness (QED) is 0.825. The van der Waals surface area contributed by atoms with Crippen molar-refractivity contribution in [1.29, 1.82) is 0 Å². The van der Waals surface area contributed by atoms with Crippen LogP contribution in [-0.2, 0) is 6.54 Å². The van der Waals surface area contributed by atoms with Gasteiger partial charge in [0, 0.05) is 25.0 Å². The molecule has 18 heavy (non-hydrogen) atoms. The summed E-state index contributed by atoms with van der Waals surface area (Å²) in [7, 11) is 0. The molecule has 0 aromatic carbocycles. The molecule has 1 saturated carbocycles. The molecule has 0 amide bonds. The van der Waals surface area contributed by atoms with Crippen molar-refractivity contribution in [3.63, 3.8) is 0 Å². The maximum atomic E-state index is 4.25. The van der Waals surface area contributed by atoms with Gasteiger partial charge in [-0.3, -0.25) is 4.68 Å². The highest BCUT2D eigenvalue weighted by Gasteiger charge is 2.24. The highest BCUT2D eigenvalue weighted by Crippen LogP contribution is 2.28. The molecule has 1 saturated heterocycles. The molecule has 4 heteroatoms. The Morgan fingerprint density at radius 3 is 2.61 bits per heavy atom. The van der Waals surface area contributed by atoms with Crippen molar-refractivity contribution in [1.82, 2.24) is 20.0 Å². The van der Waals surface area contributed by atoms with E-state index in [9.17, 15) is 0 Å². The summed E-state index contributed by atoms with van der Waals surface area (Å²) >= 11 is 0. The van der Waals surface area contributed by atoms with E-state index < -0.39 is 0 Å². The first kappa shape index (κ1) is 12.2. The Morgan fingerprint density at radius 2 is 1.94 bits per heavy atom. The molecule has 0 spiro atoms. The summed E-state index contributed by atoms with van der Waals surface area (Å²) in [6.07, 6.45) is 9.43. The van der Waals surface area contributed by atoms with Crippen molar-refractivity contribution in [3.8, 4) is 0 Å². The summed E-state index contributed by atoms with van der Waals surface area (Å²) in [5.41, 5.74) is 0. The third-order valence-corrected chi connectivity index (χ3v) is 4.18. The predicted molar refractivity (Wildman–Crippen MR) is 72.4 cm³/mol. The lowest BCUT2D eigenvalue weighted by atomic mass is 10.0. The van der Waals surface area contributed by atoms with Crippen LogP contribution in [-0.4, -0.2) is 46.9 Å². The molecule has 4 nitrogen and oxygen atoms in total. The van der Waals surface area contributed by atoms with Crippen LogP contribution in [0.5, 0.6) is 0 Å². The minimum Gasteiger partial charge on any atom is -0.314 e. The van der Waals surface area contributed by atoms with Crippen molar-refractivity contribution < 1.29 is 0 Å². The van der Waals surface area contributed by atoms with Gasteiger partial charge in [0.1, 0.15) is 0 Å². The van der Waals surface area contributed by atoms with Crippen molar-refractivity contribution in [2.24, 2.45) is 5.92 Å². The van der Waals surface area contributed by atoms with Gasteiger partial charge in [-0.05, 0) is 57.3 Å². The fraction of sp³-hybridized carbons (Fsp3) is 0.786. The van der Waals surface area contributed by atoms with Crippen LogP contribution in [0.3, 0.4) is 0 Å². The number of nitrogens with one attached hydrogen (secondary N) is 1. The van der Waals surface area contributed by atoms with Crippen LogP contribution in [0.4, 0.5) is 0 Å². The largest absolute Gasteiger partial charge is 0.314 e. The van der Waals surface area contributed by atoms with Gasteiger partial charge in [0.2, 0.25) is 0 Å². The minimum absolute atomic E-state index is 0.770. The van der Waals surface area contributed by atoms with E-state index >= 15 is 0 Å². The molecule has 100 valence electrons. The smallest absolute Gasteiger partial charge is 0.0536 e. The lowest BCUT2D eigenvalue weighted by Crippen LogP contribution is -2.43. The van der Waals surface area contributed by atoms with Crippen LogP contribution in [0.15, 0.2) is 18.5 Å². The Balaban J connectivity index is 1.32. The number of hydrogen-bond donors (Lipinski definition) is 1. The van der Waals surface area contributed by atoms with E-state index in [1.807, 2.05) is 23.1 Å². The van der Waals surface area contributed by atoms with Crippen LogP contribution in [0.1, 0.15) is 25.7 Å². The Kier molecular flexibility index (Phi) is 3.96. The van der Waals surface area contributed by atoms with Gasteiger partial charge in [-0.15, -0.1) is 0 Å². The molecule has 2 aliphatic rings. The molecule has 0 bridgehead atoms.